The summed E-state index contributed by atoms with van der Waals surface area (Å²) in [5.74, 6) is -1.49. The van der Waals surface area contributed by atoms with Gasteiger partial charge >= 0.3 is 5.97 Å². The van der Waals surface area contributed by atoms with E-state index in [0.29, 0.717) is 30.5 Å². The first-order valence-corrected chi connectivity index (χ1v) is 10.1. The van der Waals surface area contributed by atoms with Crippen molar-refractivity contribution in [2.24, 2.45) is 0 Å². The maximum absolute atomic E-state index is 14.1. The predicted molar refractivity (Wildman–Crippen MR) is 111 cm³/mol. The predicted octanol–water partition coefficient (Wildman–Crippen LogP) is 3.83. The zero-order chi connectivity index (χ0) is 21.4. The summed E-state index contributed by atoms with van der Waals surface area (Å²) >= 11 is 6.13. The van der Waals surface area contributed by atoms with Gasteiger partial charge in [0.25, 0.3) is 0 Å². The molecule has 8 nitrogen and oxygen atoms in total. The molecule has 1 saturated carbocycles. The summed E-state index contributed by atoms with van der Waals surface area (Å²) in [6, 6.07) is 2.36. The molecule has 1 aromatic heterocycles. The summed E-state index contributed by atoms with van der Waals surface area (Å²) in [6.45, 7) is 0.569. The molecule has 4 rings (SSSR count). The molecule has 0 saturated heterocycles. The SMILES string of the molecule is CN1C(=O)CCN(C2CCCC2)c2nc(Nc3cc(F)c(C(=O)O)cc3Cl)ncc21. The number of nitrogens with one attached hydrogen (secondary N) is 1. The van der Waals surface area contributed by atoms with Gasteiger partial charge in [-0.2, -0.15) is 4.98 Å². The number of hydrogen-bond acceptors (Lipinski definition) is 6. The Morgan fingerprint density at radius 1 is 1.33 bits per heavy atom. The quantitative estimate of drug-likeness (QED) is 0.756. The van der Waals surface area contributed by atoms with Crippen molar-refractivity contribution in [3.8, 4) is 0 Å². The Balaban J connectivity index is 1.71. The van der Waals surface area contributed by atoms with Crippen molar-refractivity contribution in [2.75, 3.05) is 28.7 Å². The molecule has 0 bridgehead atoms. The number of carbonyl (C=O) groups is 2. The Kier molecular flexibility index (Phi) is 5.46. The zero-order valence-corrected chi connectivity index (χ0v) is 17.1. The minimum Gasteiger partial charge on any atom is -0.478 e. The fourth-order valence-electron chi connectivity index (χ4n) is 4.00. The molecule has 2 aliphatic rings. The first kappa shape index (κ1) is 20.3. The number of aromatic nitrogens is 2. The third-order valence-electron chi connectivity index (χ3n) is 5.62. The number of nitrogens with zero attached hydrogens (tertiary/aromatic N) is 4. The van der Waals surface area contributed by atoms with Crippen molar-refractivity contribution in [3.05, 3.63) is 34.7 Å². The Hall–Kier alpha value is -2.94. The Morgan fingerprint density at radius 3 is 2.77 bits per heavy atom. The van der Waals surface area contributed by atoms with Crippen LogP contribution in [0, 0.1) is 5.82 Å². The molecule has 1 fully saturated rings. The summed E-state index contributed by atoms with van der Waals surface area (Å²) in [4.78, 5) is 36.1. The maximum atomic E-state index is 14.1. The fourth-order valence-corrected chi connectivity index (χ4v) is 4.21. The van der Waals surface area contributed by atoms with Gasteiger partial charge in [-0.05, 0) is 25.0 Å². The average molecular weight is 434 g/mol. The lowest BCUT2D eigenvalue weighted by molar-refractivity contribution is -0.118. The number of benzene rings is 1. The maximum Gasteiger partial charge on any atom is 0.338 e. The number of halogens is 2. The molecule has 2 heterocycles. The number of hydrogen-bond donors (Lipinski definition) is 2. The van der Waals surface area contributed by atoms with E-state index < -0.39 is 17.3 Å². The lowest BCUT2D eigenvalue weighted by Gasteiger charge is -2.30. The first-order valence-electron chi connectivity index (χ1n) is 9.74. The monoisotopic (exact) mass is 433 g/mol. The van der Waals surface area contributed by atoms with Crippen molar-refractivity contribution in [2.45, 2.75) is 38.1 Å². The minimum atomic E-state index is -1.40. The number of fused-ring (bicyclic) bond motifs is 1. The molecule has 1 aromatic carbocycles. The van der Waals surface area contributed by atoms with Crippen molar-refractivity contribution >= 4 is 46.6 Å². The van der Waals surface area contributed by atoms with Crippen LogP contribution in [-0.2, 0) is 4.79 Å². The van der Waals surface area contributed by atoms with Crippen LogP contribution >= 0.6 is 11.6 Å². The van der Waals surface area contributed by atoms with E-state index in [2.05, 4.69) is 20.2 Å². The number of carbonyl (C=O) groups excluding carboxylic acids is 1. The topological polar surface area (TPSA) is 98.7 Å². The highest BCUT2D eigenvalue weighted by Crippen LogP contribution is 2.36. The molecule has 1 amide bonds. The highest BCUT2D eigenvalue weighted by Gasteiger charge is 2.31. The van der Waals surface area contributed by atoms with Gasteiger partial charge in [0.15, 0.2) is 5.82 Å². The highest BCUT2D eigenvalue weighted by atomic mass is 35.5. The van der Waals surface area contributed by atoms with Gasteiger partial charge in [-0.15, -0.1) is 0 Å². The van der Waals surface area contributed by atoms with Gasteiger partial charge in [-0.25, -0.2) is 14.2 Å². The number of amides is 1. The zero-order valence-electron chi connectivity index (χ0n) is 16.4. The third-order valence-corrected chi connectivity index (χ3v) is 5.94. The van der Waals surface area contributed by atoms with E-state index in [0.717, 1.165) is 37.8 Å². The molecule has 158 valence electrons. The van der Waals surface area contributed by atoms with Gasteiger partial charge in [0.05, 0.1) is 22.5 Å². The molecule has 0 radical (unpaired) electrons. The Bertz CT molecular complexity index is 1010. The van der Waals surface area contributed by atoms with Gasteiger partial charge in [0.2, 0.25) is 11.9 Å². The van der Waals surface area contributed by atoms with Crippen LogP contribution in [0.15, 0.2) is 18.3 Å². The van der Waals surface area contributed by atoms with Crippen molar-refractivity contribution < 1.29 is 19.1 Å². The molecule has 0 spiro atoms. The van der Waals surface area contributed by atoms with Crippen LogP contribution in [0.4, 0.5) is 27.5 Å². The van der Waals surface area contributed by atoms with Crippen LogP contribution in [-0.4, -0.2) is 46.6 Å². The largest absolute Gasteiger partial charge is 0.478 e. The first-order chi connectivity index (χ1) is 14.3. The van der Waals surface area contributed by atoms with Gasteiger partial charge in [0, 0.05) is 26.1 Å². The lowest BCUT2D eigenvalue weighted by atomic mass is 10.2. The molecule has 1 aliphatic heterocycles. The van der Waals surface area contributed by atoms with E-state index in [1.165, 1.54) is 0 Å². The summed E-state index contributed by atoms with van der Waals surface area (Å²) in [7, 11) is 1.70. The van der Waals surface area contributed by atoms with E-state index in [4.69, 9.17) is 16.7 Å². The van der Waals surface area contributed by atoms with Gasteiger partial charge in [-0.3, -0.25) is 4.79 Å². The van der Waals surface area contributed by atoms with E-state index in [9.17, 15) is 14.0 Å². The second-order valence-corrected chi connectivity index (χ2v) is 7.89. The van der Waals surface area contributed by atoms with Gasteiger partial charge in [-0.1, -0.05) is 24.4 Å². The molecular weight excluding hydrogens is 413 g/mol. The van der Waals surface area contributed by atoms with Crippen LogP contribution in [0.2, 0.25) is 5.02 Å². The van der Waals surface area contributed by atoms with Gasteiger partial charge < -0.3 is 20.2 Å². The molecular formula is C20H21ClFN5O3. The summed E-state index contributed by atoms with van der Waals surface area (Å²) < 4.78 is 14.1. The van der Waals surface area contributed by atoms with Crippen molar-refractivity contribution in [1.82, 2.24) is 9.97 Å². The van der Waals surface area contributed by atoms with E-state index in [-0.39, 0.29) is 22.6 Å². The average Bonchev–Trinajstić information content (AvgIpc) is 3.20. The van der Waals surface area contributed by atoms with E-state index in [1.807, 2.05) is 0 Å². The van der Waals surface area contributed by atoms with E-state index in [1.54, 1.807) is 18.1 Å². The summed E-state index contributed by atoms with van der Waals surface area (Å²) in [5.41, 5.74) is 0.263. The van der Waals surface area contributed by atoms with Crippen molar-refractivity contribution in [3.63, 3.8) is 0 Å². The molecule has 10 heteroatoms. The number of anilines is 4. The number of aromatic carboxylic acids is 1. The Morgan fingerprint density at radius 2 is 2.07 bits per heavy atom. The molecule has 0 atom stereocenters. The number of carboxylic acids is 1. The number of rotatable bonds is 4. The molecule has 2 aromatic rings. The lowest BCUT2D eigenvalue weighted by Crippen LogP contribution is -2.34. The molecule has 0 unspecified atom stereocenters. The minimum absolute atomic E-state index is 0.00423. The second-order valence-electron chi connectivity index (χ2n) is 7.48. The van der Waals surface area contributed by atoms with Gasteiger partial charge in [0.1, 0.15) is 11.5 Å². The van der Waals surface area contributed by atoms with Crippen LogP contribution in [0.1, 0.15) is 42.5 Å². The van der Waals surface area contributed by atoms with Crippen LogP contribution in [0.25, 0.3) is 0 Å². The molecule has 30 heavy (non-hydrogen) atoms. The highest BCUT2D eigenvalue weighted by molar-refractivity contribution is 6.33. The van der Waals surface area contributed by atoms with E-state index >= 15 is 0 Å². The molecule has 2 N–H and O–H groups in total. The second kappa shape index (κ2) is 8.06. The summed E-state index contributed by atoms with van der Waals surface area (Å²) in [6.07, 6.45) is 6.31. The fraction of sp³-hybridized carbons (Fsp3) is 0.400. The van der Waals surface area contributed by atoms with Crippen LogP contribution in [0.5, 0.6) is 0 Å². The number of carboxylic acid groups (broad SMARTS) is 1. The van der Waals surface area contributed by atoms with Crippen molar-refractivity contribution in [1.29, 1.82) is 0 Å². The standard InChI is InChI=1S/C20H21ClFN5O3/c1-26-16-10-23-20(24-15-9-14(22)12(19(29)30)8-13(15)21)25-18(16)27(7-6-17(26)28)11-4-2-3-5-11/h8-11H,2-7H2,1H3,(H,29,30)(H,23,24,25). The molecule has 1 aliphatic carbocycles. The smallest absolute Gasteiger partial charge is 0.338 e. The Labute approximate surface area is 177 Å². The van der Waals surface area contributed by atoms with Crippen LogP contribution < -0.4 is 15.1 Å². The normalized spacial score (nSPS) is 17.1. The summed E-state index contributed by atoms with van der Waals surface area (Å²) in [5, 5.41) is 11.9. The van der Waals surface area contributed by atoms with Crippen LogP contribution in [0.3, 0.4) is 0 Å². The third kappa shape index (κ3) is 3.77.